The second-order valence-electron chi connectivity index (χ2n) is 5.71. The van der Waals surface area contributed by atoms with Crippen LogP contribution in [0, 0.1) is 5.82 Å². The van der Waals surface area contributed by atoms with Gasteiger partial charge in [-0.05, 0) is 48.4 Å². The van der Waals surface area contributed by atoms with Gasteiger partial charge in [0.25, 0.3) is 0 Å². The van der Waals surface area contributed by atoms with Crippen molar-refractivity contribution in [1.82, 2.24) is 20.2 Å². The minimum Gasteiger partial charge on any atom is -0.399 e. The van der Waals surface area contributed by atoms with Crippen LogP contribution in [0.2, 0.25) is 0 Å². The molecule has 1 aliphatic carbocycles. The van der Waals surface area contributed by atoms with E-state index in [-0.39, 0.29) is 11.4 Å². The summed E-state index contributed by atoms with van der Waals surface area (Å²) in [5.41, 5.74) is 6.25. The summed E-state index contributed by atoms with van der Waals surface area (Å²) in [6.45, 7) is 2.14. The van der Waals surface area contributed by atoms with Gasteiger partial charge in [-0.2, -0.15) is 0 Å². The Labute approximate surface area is 117 Å². The maximum absolute atomic E-state index is 14.1. The summed E-state index contributed by atoms with van der Waals surface area (Å²) in [6.07, 6.45) is 5.58. The summed E-state index contributed by atoms with van der Waals surface area (Å²) in [7, 11) is 0. The minimum atomic E-state index is -0.388. The fourth-order valence-corrected chi connectivity index (χ4v) is 2.96. The van der Waals surface area contributed by atoms with Crippen molar-refractivity contribution in [3.8, 4) is 11.4 Å². The second kappa shape index (κ2) is 4.85. The quantitative estimate of drug-likeness (QED) is 0.855. The summed E-state index contributed by atoms with van der Waals surface area (Å²) in [5, 5.41) is 11.9. The number of hydrogen-bond acceptors (Lipinski definition) is 4. The predicted octanol–water partition coefficient (Wildman–Crippen LogP) is 2.74. The molecule has 0 aliphatic heterocycles. The van der Waals surface area contributed by atoms with Crippen molar-refractivity contribution in [1.29, 1.82) is 0 Å². The molecule has 106 valence electrons. The molecule has 2 aromatic rings. The summed E-state index contributed by atoms with van der Waals surface area (Å²) >= 11 is 0. The molecule has 20 heavy (non-hydrogen) atoms. The van der Waals surface area contributed by atoms with Crippen LogP contribution in [0.3, 0.4) is 0 Å². The van der Waals surface area contributed by atoms with Crippen molar-refractivity contribution < 1.29 is 4.39 Å². The highest BCUT2D eigenvalue weighted by Gasteiger charge is 2.33. The van der Waals surface area contributed by atoms with Crippen LogP contribution in [0.15, 0.2) is 18.2 Å². The zero-order valence-electron chi connectivity index (χ0n) is 11.5. The lowest BCUT2D eigenvalue weighted by molar-refractivity contribution is 0.196. The number of benzene rings is 1. The molecule has 1 fully saturated rings. The first-order valence-corrected chi connectivity index (χ1v) is 6.94. The van der Waals surface area contributed by atoms with Gasteiger partial charge in [0, 0.05) is 5.69 Å². The van der Waals surface area contributed by atoms with Crippen molar-refractivity contribution in [2.75, 3.05) is 5.73 Å². The molecule has 1 aromatic heterocycles. The Morgan fingerprint density at radius 1 is 1.25 bits per heavy atom. The Kier molecular flexibility index (Phi) is 3.16. The minimum absolute atomic E-state index is 0.134. The molecule has 0 saturated heterocycles. The molecule has 5 nitrogen and oxygen atoms in total. The Morgan fingerprint density at radius 3 is 2.70 bits per heavy atom. The van der Waals surface area contributed by atoms with Crippen molar-refractivity contribution in [3.63, 3.8) is 0 Å². The van der Waals surface area contributed by atoms with E-state index >= 15 is 0 Å². The lowest BCUT2D eigenvalue weighted by Gasteiger charge is -2.34. The molecule has 0 spiro atoms. The fraction of sp³-hybridized carbons (Fsp3) is 0.500. The van der Waals surface area contributed by atoms with Gasteiger partial charge in [0.2, 0.25) is 0 Å². The number of nitrogen functional groups attached to an aromatic ring is 1. The highest BCUT2D eigenvalue weighted by molar-refractivity contribution is 5.59. The number of aromatic nitrogens is 4. The van der Waals surface area contributed by atoms with Gasteiger partial charge in [0.1, 0.15) is 5.82 Å². The SMILES string of the molecule is CC1(n2nnnc2-c2ccc(N)cc2F)CCCCC1. The van der Waals surface area contributed by atoms with E-state index in [4.69, 9.17) is 5.73 Å². The van der Waals surface area contributed by atoms with Gasteiger partial charge in [0.05, 0.1) is 11.1 Å². The number of nitrogens with zero attached hydrogens (tertiary/aromatic N) is 4. The maximum atomic E-state index is 14.1. The summed E-state index contributed by atoms with van der Waals surface area (Å²) in [5.74, 6) is 0.0901. The predicted molar refractivity (Wildman–Crippen MR) is 74.4 cm³/mol. The highest BCUT2D eigenvalue weighted by Crippen LogP contribution is 2.36. The Balaban J connectivity index is 2.05. The van der Waals surface area contributed by atoms with E-state index < -0.39 is 0 Å². The molecular weight excluding hydrogens is 257 g/mol. The lowest BCUT2D eigenvalue weighted by atomic mass is 9.83. The van der Waals surface area contributed by atoms with E-state index in [9.17, 15) is 4.39 Å². The van der Waals surface area contributed by atoms with Crippen LogP contribution in [0.1, 0.15) is 39.0 Å². The first kappa shape index (κ1) is 13.0. The van der Waals surface area contributed by atoms with E-state index in [0.29, 0.717) is 17.1 Å². The van der Waals surface area contributed by atoms with Gasteiger partial charge >= 0.3 is 0 Å². The molecule has 3 rings (SSSR count). The van der Waals surface area contributed by atoms with Crippen LogP contribution in [-0.2, 0) is 5.54 Å². The van der Waals surface area contributed by atoms with Crippen molar-refractivity contribution in [3.05, 3.63) is 24.0 Å². The molecule has 1 saturated carbocycles. The Morgan fingerprint density at radius 2 is 2.00 bits per heavy atom. The van der Waals surface area contributed by atoms with E-state index in [0.717, 1.165) is 25.7 Å². The van der Waals surface area contributed by atoms with E-state index in [1.807, 2.05) is 0 Å². The van der Waals surface area contributed by atoms with Crippen molar-refractivity contribution in [2.45, 2.75) is 44.6 Å². The molecule has 0 radical (unpaired) electrons. The molecule has 2 N–H and O–H groups in total. The zero-order valence-corrected chi connectivity index (χ0v) is 11.5. The van der Waals surface area contributed by atoms with E-state index in [1.54, 1.807) is 16.8 Å². The topological polar surface area (TPSA) is 69.6 Å². The van der Waals surface area contributed by atoms with Crippen LogP contribution < -0.4 is 5.73 Å². The maximum Gasteiger partial charge on any atom is 0.185 e. The number of anilines is 1. The number of rotatable bonds is 2. The third-order valence-corrected chi connectivity index (χ3v) is 4.15. The lowest BCUT2D eigenvalue weighted by Crippen LogP contribution is -2.34. The fourth-order valence-electron chi connectivity index (χ4n) is 2.96. The highest BCUT2D eigenvalue weighted by atomic mass is 19.1. The molecule has 0 amide bonds. The normalized spacial score (nSPS) is 18.1. The molecule has 6 heteroatoms. The van der Waals surface area contributed by atoms with Crippen LogP contribution in [0.5, 0.6) is 0 Å². The van der Waals surface area contributed by atoms with E-state index in [2.05, 4.69) is 22.4 Å². The van der Waals surface area contributed by atoms with Crippen LogP contribution >= 0.6 is 0 Å². The second-order valence-corrected chi connectivity index (χ2v) is 5.71. The standard InChI is InChI=1S/C14H18FN5/c1-14(7-3-2-4-8-14)20-13(17-18-19-20)11-6-5-10(16)9-12(11)15/h5-6,9H,2-4,7-8,16H2,1H3. The first-order chi connectivity index (χ1) is 9.60. The number of hydrogen-bond donors (Lipinski definition) is 1. The van der Waals surface area contributed by atoms with Gasteiger partial charge in [-0.1, -0.05) is 19.3 Å². The summed E-state index contributed by atoms with van der Waals surface area (Å²) < 4.78 is 15.9. The molecule has 1 aromatic carbocycles. The molecule has 1 heterocycles. The number of tetrazole rings is 1. The van der Waals surface area contributed by atoms with Crippen LogP contribution in [0.4, 0.5) is 10.1 Å². The third kappa shape index (κ3) is 2.15. The first-order valence-electron chi connectivity index (χ1n) is 6.94. The smallest absolute Gasteiger partial charge is 0.185 e. The average Bonchev–Trinajstić information content (AvgIpc) is 2.89. The largest absolute Gasteiger partial charge is 0.399 e. The molecule has 0 unspecified atom stereocenters. The molecular formula is C14H18FN5. The van der Waals surface area contributed by atoms with Gasteiger partial charge in [-0.15, -0.1) is 5.10 Å². The van der Waals surface area contributed by atoms with Gasteiger partial charge in [-0.25, -0.2) is 9.07 Å². The average molecular weight is 275 g/mol. The molecule has 0 atom stereocenters. The van der Waals surface area contributed by atoms with Gasteiger partial charge < -0.3 is 5.73 Å². The molecule has 1 aliphatic rings. The van der Waals surface area contributed by atoms with Gasteiger partial charge in [-0.3, -0.25) is 0 Å². The summed E-state index contributed by atoms with van der Waals surface area (Å²) in [4.78, 5) is 0. The zero-order chi connectivity index (χ0) is 14.2. The van der Waals surface area contributed by atoms with Gasteiger partial charge in [0.15, 0.2) is 5.82 Å². The number of nitrogens with two attached hydrogens (primary N) is 1. The van der Waals surface area contributed by atoms with E-state index in [1.165, 1.54) is 12.5 Å². The Hall–Kier alpha value is -1.98. The van der Waals surface area contributed by atoms with Crippen molar-refractivity contribution >= 4 is 5.69 Å². The monoisotopic (exact) mass is 275 g/mol. The van der Waals surface area contributed by atoms with Crippen molar-refractivity contribution in [2.24, 2.45) is 0 Å². The molecule has 0 bridgehead atoms. The van der Waals surface area contributed by atoms with Crippen LogP contribution in [-0.4, -0.2) is 20.2 Å². The Bertz CT molecular complexity index is 616. The van der Waals surface area contributed by atoms with Crippen LogP contribution in [0.25, 0.3) is 11.4 Å². The number of halogens is 1. The summed E-state index contributed by atoms with van der Waals surface area (Å²) in [6, 6.07) is 4.61. The third-order valence-electron chi connectivity index (χ3n) is 4.15.